The van der Waals surface area contributed by atoms with Crippen LogP contribution in [0.25, 0.3) is 0 Å². The first-order valence-corrected chi connectivity index (χ1v) is 6.44. The minimum atomic E-state index is 0.454. The zero-order chi connectivity index (χ0) is 11.1. The van der Waals surface area contributed by atoms with Gasteiger partial charge >= 0.3 is 0 Å². The molecular weight excluding hydrogens is 198 g/mol. The van der Waals surface area contributed by atoms with Gasteiger partial charge in [0.2, 0.25) is 0 Å². The summed E-state index contributed by atoms with van der Waals surface area (Å²) in [7, 11) is 4.17. The molecule has 0 spiro atoms. The Balaban J connectivity index is 1.84. The summed E-state index contributed by atoms with van der Waals surface area (Å²) in [6, 6.07) is 0.454. The fourth-order valence-corrected chi connectivity index (χ4v) is 3.91. The number of aromatic nitrogens is 2. The van der Waals surface area contributed by atoms with Crippen molar-refractivity contribution in [3.8, 4) is 0 Å². The Hall–Kier alpha value is -0.830. The van der Waals surface area contributed by atoms with Gasteiger partial charge in [-0.3, -0.25) is 0 Å². The van der Waals surface area contributed by atoms with E-state index in [1.54, 1.807) is 0 Å². The lowest BCUT2D eigenvalue weighted by molar-refractivity contribution is 0.249. The predicted octanol–water partition coefficient (Wildman–Crippen LogP) is 2.12. The van der Waals surface area contributed by atoms with Crippen molar-refractivity contribution in [2.75, 3.05) is 7.05 Å². The molecule has 3 nitrogen and oxygen atoms in total. The van der Waals surface area contributed by atoms with Crippen LogP contribution < -0.4 is 5.32 Å². The molecule has 1 N–H and O–H groups in total. The minimum Gasteiger partial charge on any atom is -0.337 e. The topological polar surface area (TPSA) is 29.9 Å². The number of nitrogens with zero attached hydrogens (tertiary/aromatic N) is 2. The number of rotatable bonds is 3. The van der Waals surface area contributed by atoms with Crippen LogP contribution in [-0.4, -0.2) is 16.6 Å². The molecular formula is C13H21N3. The van der Waals surface area contributed by atoms with E-state index in [1.165, 1.54) is 31.5 Å². The van der Waals surface area contributed by atoms with E-state index in [-0.39, 0.29) is 0 Å². The quantitative estimate of drug-likeness (QED) is 0.844. The van der Waals surface area contributed by atoms with Gasteiger partial charge in [-0.05, 0) is 44.1 Å². The largest absolute Gasteiger partial charge is 0.337 e. The Bertz CT molecular complexity index is 371. The van der Waals surface area contributed by atoms with Crippen molar-refractivity contribution in [2.24, 2.45) is 24.8 Å². The van der Waals surface area contributed by atoms with Crippen LogP contribution in [0.4, 0.5) is 0 Å². The molecule has 2 aliphatic carbocycles. The molecule has 88 valence electrons. The lowest BCUT2D eigenvalue weighted by Gasteiger charge is -2.29. The van der Waals surface area contributed by atoms with Gasteiger partial charge in [-0.15, -0.1) is 0 Å². The van der Waals surface area contributed by atoms with E-state index in [9.17, 15) is 0 Å². The second-order valence-electron chi connectivity index (χ2n) is 5.50. The van der Waals surface area contributed by atoms with Gasteiger partial charge in [0, 0.05) is 19.4 Å². The van der Waals surface area contributed by atoms with Crippen molar-refractivity contribution in [3.05, 3.63) is 18.2 Å². The van der Waals surface area contributed by atoms with Gasteiger partial charge in [0.05, 0.1) is 6.04 Å². The normalized spacial score (nSPS) is 34.5. The summed E-state index contributed by atoms with van der Waals surface area (Å²) in [5.74, 6) is 3.97. The summed E-state index contributed by atoms with van der Waals surface area (Å²) in [4.78, 5) is 4.52. The van der Waals surface area contributed by atoms with E-state index in [1.807, 2.05) is 12.4 Å². The third-order valence-corrected chi connectivity index (χ3v) is 4.67. The van der Waals surface area contributed by atoms with E-state index in [4.69, 9.17) is 0 Å². The van der Waals surface area contributed by atoms with Crippen LogP contribution in [0.5, 0.6) is 0 Å². The van der Waals surface area contributed by atoms with Crippen LogP contribution in [0.3, 0.4) is 0 Å². The average molecular weight is 219 g/mol. The minimum absolute atomic E-state index is 0.454. The summed E-state index contributed by atoms with van der Waals surface area (Å²) < 4.78 is 2.16. The molecule has 1 aromatic heterocycles. The molecule has 2 bridgehead atoms. The number of hydrogen-bond donors (Lipinski definition) is 1. The van der Waals surface area contributed by atoms with Crippen molar-refractivity contribution in [3.63, 3.8) is 0 Å². The Morgan fingerprint density at radius 1 is 1.44 bits per heavy atom. The van der Waals surface area contributed by atoms with Crippen molar-refractivity contribution >= 4 is 0 Å². The predicted molar refractivity (Wildman–Crippen MR) is 63.9 cm³/mol. The maximum absolute atomic E-state index is 4.52. The van der Waals surface area contributed by atoms with Crippen LogP contribution in [0.1, 0.15) is 37.5 Å². The molecule has 2 saturated carbocycles. The van der Waals surface area contributed by atoms with Gasteiger partial charge in [0.25, 0.3) is 0 Å². The Morgan fingerprint density at radius 2 is 2.31 bits per heavy atom. The highest BCUT2D eigenvalue weighted by molar-refractivity contribution is 5.05. The molecule has 0 radical (unpaired) electrons. The van der Waals surface area contributed by atoms with E-state index in [2.05, 4.69) is 29.0 Å². The van der Waals surface area contributed by atoms with Gasteiger partial charge in [-0.1, -0.05) is 6.42 Å². The van der Waals surface area contributed by atoms with Crippen molar-refractivity contribution in [1.82, 2.24) is 14.9 Å². The second kappa shape index (κ2) is 3.88. The average Bonchev–Trinajstić information content (AvgIpc) is 2.97. The maximum Gasteiger partial charge on any atom is 0.125 e. The van der Waals surface area contributed by atoms with Crippen LogP contribution in [-0.2, 0) is 7.05 Å². The van der Waals surface area contributed by atoms with Gasteiger partial charge in [-0.25, -0.2) is 4.98 Å². The number of imidazole rings is 1. The Labute approximate surface area is 97.3 Å². The first kappa shape index (κ1) is 10.3. The van der Waals surface area contributed by atoms with Gasteiger partial charge < -0.3 is 9.88 Å². The zero-order valence-corrected chi connectivity index (χ0v) is 10.2. The number of hydrogen-bond acceptors (Lipinski definition) is 2. The summed E-state index contributed by atoms with van der Waals surface area (Å²) in [6.45, 7) is 0. The van der Waals surface area contributed by atoms with Gasteiger partial charge in [0.15, 0.2) is 0 Å². The van der Waals surface area contributed by atoms with Crippen molar-refractivity contribution < 1.29 is 0 Å². The molecule has 2 aliphatic rings. The van der Waals surface area contributed by atoms with E-state index >= 15 is 0 Å². The third-order valence-electron chi connectivity index (χ3n) is 4.67. The molecule has 1 aromatic rings. The summed E-state index contributed by atoms with van der Waals surface area (Å²) in [5, 5.41) is 3.49. The highest BCUT2D eigenvalue weighted by atomic mass is 15.1. The molecule has 4 unspecified atom stereocenters. The lowest BCUT2D eigenvalue weighted by Crippen LogP contribution is -2.31. The smallest absolute Gasteiger partial charge is 0.125 e. The lowest BCUT2D eigenvalue weighted by atomic mass is 9.83. The standard InChI is InChI=1S/C13H21N3/c1-14-12(13-15-5-6-16(13)2)11-8-9-3-4-10(11)7-9/h5-6,9-12,14H,3-4,7-8H2,1-2H3. The van der Waals surface area contributed by atoms with Gasteiger partial charge in [-0.2, -0.15) is 0 Å². The molecule has 16 heavy (non-hydrogen) atoms. The summed E-state index contributed by atoms with van der Waals surface area (Å²) in [5.41, 5.74) is 0. The first-order valence-electron chi connectivity index (χ1n) is 6.44. The Morgan fingerprint density at radius 3 is 2.81 bits per heavy atom. The van der Waals surface area contributed by atoms with Crippen LogP contribution in [0.15, 0.2) is 12.4 Å². The van der Waals surface area contributed by atoms with Crippen LogP contribution >= 0.6 is 0 Å². The fraction of sp³-hybridized carbons (Fsp3) is 0.769. The monoisotopic (exact) mass is 219 g/mol. The summed E-state index contributed by atoms with van der Waals surface area (Å²) in [6.07, 6.45) is 9.74. The molecule has 4 atom stereocenters. The van der Waals surface area contributed by atoms with E-state index in [0.29, 0.717) is 6.04 Å². The molecule has 0 aliphatic heterocycles. The molecule has 2 fully saturated rings. The van der Waals surface area contributed by atoms with Crippen LogP contribution in [0.2, 0.25) is 0 Å². The zero-order valence-electron chi connectivity index (χ0n) is 10.2. The molecule has 3 rings (SSSR count). The van der Waals surface area contributed by atoms with Crippen molar-refractivity contribution in [2.45, 2.75) is 31.7 Å². The highest BCUT2D eigenvalue weighted by Gasteiger charge is 2.43. The molecule has 1 heterocycles. The molecule has 0 amide bonds. The fourth-order valence-electron chi connectivity index (χ4n) is 3.91. The third kappa shape index (κ3) is 1.49. The van der Waals surface area contributed by atoms with Crippen molar-refractivity contribution in [1.29, 1.82) is 0 Å². The number of aryl methyl sites for hydroxylation is 1. The molecule has 0 aromatic carbocycles. The SMILES string of the molecule is CNC(c1nccn1C)C1CC2CCC1C2. The number of fused-ring (bicyclic) bond motifs is 2. The number of nitrogens with one attached hydrogen (secondary N) is 1. The first-order chi connectivity index (χ1) is 7.79. The van der Waals surface area contributed by atoms with E-state index in [0.717, 1.165) is 17.8 Å². The van der Waals surface area contributed by atoms with E-state index < -0.39 is 0 Å². The molecule has 3 heteroatoms. The second-order valence-corrected chi connectivity index (χ2v) is 5.50. The van der Waals surface area contributed by atoms with Gasteiger partial charge in [0.1, 0.15) is 5.82 Å². The van der Waals surface area contributed by atoms with Crippen LogP contribution in [0, 0.1) is 17.8 Å². The molecule has 0 saturated heterocycles. The summed E-state index contributed by atoms with van der Waals surface area (Å²) >= 11 is 0. The highest BCUT2D eigenvalue weighted by Crippen LogP contribution is 2.52. The maximum atomic E-state index is 4.52. The Kier molecular flexibility index (Phi) is 2.51.